The van der Waals surface area contributed by atoms with Crippen LogP contribution in [0.2, 0.25) is 0 Å². The summed E-state index contributed by atoms with van der Waals surface area (Å²) in [4.78, 5) is 2.07. The van der Waals surface area contributed by atoms with Crippen molar-refractivity contribution in [2.75, 3.05) is 47.4 Å². The number of fused-ring (bicyclic) bond motifs is 1. The zero-order valence-corrected chi connectivity index (χ0v) is 18.1. The largest absolute Gasteiger partial charge is 0.487 e. The first-order chi connectivity index (χ1) is 13.2. The van der Waals surface area contributed by atoms with Gasteiger partial charge in [0.25, 0.3) is 0 Å². The minimum atomic E-state index is -3.80. The average Bonchev–Trinajstić information content (AvgIpc) is 2.63. The van der Waals surface area contributed by atoms with Crippen LogP contribution < -0.4 is 10.1 Å². The number of hydrogen-bond acceptors (Lipinski definition) is 6. The van der Waals surface area contributed by atoms with Gasteiger partial charge in [0.1, 0.15) is 16.7 Å². The number of nitrogens with zero attached hydrogens (tertiary/aromatic N) is 2. The summed E-state index contributed by atoms with van der Waals surface area (Å²) >= 11 is 0. The number of ether oxygens (including phenoxy) is 1. The van der Waals surface area contributed by atoms with Gasteiger partial charge >= 0.3 is 0 Å². The molecule has 1 aliphatic rings. The third-order valence-corrected chi connectivity index (χ3v) is 6.72. The Morgan fingerprint density at radius 3 is 2.75 bits per heavy atom. The molecule has 156 valence electrons. The third kappa shape index (κ3) is 5.25. The lowest BCUT2D eigenvalue weighted by Crippen LogP contribution is -2.49. The molecule has 28 heavy (non-hydrogen) atoms. The second kappa shape index (κ2) is 9.72. The Morgan fingerprint density at radius 1 is 1.43 bits per heavy atom. The molecule has 0 unspecified atom stereocenters. The van der Waals surface area contributed by atoms with Gasteiger partial charge in [-0.15, -0.1) is 0 Å². The molecule has 1 aromatic rings. The van der Waals surface area contributed by atoms with Crippen LogP contribution in [-0.2, 0) is 10.0 Å². The molecule has 7 nitrogen and oxygen atoms in total. The van der Waals surface area contributed by atoms with Crippen molar-refractivity contribution in [3.8, 4) is 17.6 Å². The molecule has 0 spiro atoms. The Morgan fingerprint density at radius 2 is 2.14 bits per heavy atom. The van der Waals surface area contributed by atoms with E-state index in [0.29, 0.717) is 24.4 Å². The normalized spacial score (nSPS) is 23.0. The molecule has 0 aromatic heterocycles. The maximum absolute atomic E-state index is 13.3. The van der Waals surface area contributed by atoms with E-state index in [-0.39, 0.29) is 30.1 Å². The maximum Gasteiger partial charge on any atom is 0.247 e. The Kier molecular flexibility index (Phi) is 7.87. The van der Waals surface area contributed by atoms with E-state index in [0.717, 1.165) is 0 Å². The number of rotatable bonds is 5. The van der Waals surface area contributed by atoms with E-state index in [2.05, 4.69) is 17.2 Å². The van der Waals surface area contributed by atoms with E-state index in [1.807, 2.05) is 33.0 Å². The van der Waals surface area contributed by atoms with Gasteiger partial charge in [-0.05, 0) is 46.3 Å². The van der Waals surface area contributed by atoms with Crippen molar-refractivity contribution in [1.82, 2.24) is 14.5 Å². The molecule has 8 heteroatoms. The molecule has 1 aliphatic heterocycles. The molecule has 0 radical (unpaired) electrons. The lowest BCUT2D eigenvalue weighted by molar-refractivity contribution is 0.103. The SMILES string of the molecule is CNC[C@@H]1Oc2cc(C#CCN(C)C)ccc2S(=O)(=O)N([C@@H](C)CO)C[C@@H]1C. The molecule has 0 saturated carbocycles. The van der Waals surface area contributed by atoms with E-state index in [4.69, 9.17) is 4.74 Å². The fourth-order valence-corrected chi connectivity index (χ4v) is 4.87. The van der Waals surface area contributed by atoms with E-state index < -0.39 is 16.1 Å². The first-order valence-corrected chi connectivity index (χ1v) is 10.9. The van der Waals surface area contributed by atoms with Gasteiger partial charge in [0.2, 0.25) is 10.0 Å². The van der Waals surface area contributed by atoms with Crippen molar-refractivity contribution in [3.63, 3.8) is 0 Å². The molecule has 0 fully saturated rings. The van der Waals surface area contributed by atoms with Gasteiger partial charge in [0, 0.05) is 30.6 Å². The van der Waals surface area contributed by atoms with E-state index >= 15 is 0 Å². The van der Waals surface area contributed by atoms with Gasteiger partial charge in [-0.25, -0.2) is 8.42 Å². The molecule has 1 heterocycles. The Labute approximate surface area is 168 Å². The highest BCUT2D eigenvalue weighted by molar-refractivity contribution is 7.89. The van der Waals surface area contributed by atoms with Gasteiger partial charge in [-0.3, -0.25) is 4.90 Å². The predicted molar refractivity (Wildman–Crippen MR) is 110 cm³/mol. The van der Waals surface area contributed by atoms with E-state index in [1.165, 1.54) is 4.31 Å². The zero-order valence-electron chi connectivity index (χ0n) is 17.3. The van der Waals surface area contributed by atoms with E-state index in [9.17, 15) is 13.5 Å². The molecule has 1 aromatic carbocycles. The average molecular weight is 410 g/mol. The summed E-state index contributed by atoms with van der Waals surface area (Å²) in [6.45, 7) is 4.89. The second-order valence-corrected chi connectivity index (χ2v) is 9.36. The highest BCUT2D eigenvalue weighted by Crippen LogP contribution is 2.33. The fraction of sp³-hybridized carbons (Fsp3) is 0.600. The van der Waals surface area contributed by atoms with Crippen LogP contribution in [0.1, 0.15) is 19.4 Å². The van der Waals surface area contributed by atoms with Crippen molar-refractivity contribution in [2.45, 2.75) is 30.9 Å². The summed E-state index contributed by atoms with van der Waals surface area (Å²) < 4.78 is 34.1. The topological polar surface area (TPSA) is 82.1 Å². The fourth-order valence-electron chi connectivity index (χ4n) is 3.05. The van der Waals surface area contributed by atoms with Gasteiger partial charge in [0.15, 0.2) is 0 Å². The van der Waals surface area contributed by atoms with Crippen LogP contribution in [0.25, 0.3) is 0 Å². The lowest BCUT2D eigenvalue weighted by Gasteiger charge is -2.36. The van der Waals surface area contributed by atoms with Crippen LogP contribution in [0.15, 0.2) is 23.1 Å². The summed E-state index contributed by atoms with van der Waals surface area (Å²) in [6.07, 6.45) is -0.211. The lowest BCUT2D eigenvalue weighted by atomic mass is 10.0. The molecule has 2 rings (SSSR count). The number of aliphatic hydroxyl groups excluding tert-OH is 1. The van der Waals surface area contributed by atoms with Crippen molar-refractivity contribution in [1.29, 1.82) is 0 Å². The van der Waals surface area contributed by atoms with E-state index in [1.54, 1.807) is 25.1 Å². The van der Waals surface area contributed by atoms with Crippen molar-refractivity contribution in [2.24, 2.45) is 5.92 Å². The van der Waals surface area contributed by atoms with Crippen LogP contribution in [0.4, 0.5) is 0 Å². The first-order valence-electron chi connectivity index (χ1n) is 9.42. The summed E-state index contributed by atoms with van der Waals surface area (Å²) in [5, 5.41) is 12.7. The maximum atomic E-state index is 13.3. The number of hydrogen-bond donors (Lipinski definition) is 2. The molecular weight excluding hydrogens is 378 g/mol. The molecule has 2 N–H and O–H groups in total. The molecule has 0 amide bonds. The van der Waals surface area contributed by atoms with Crippen molar-refractivity contribution >= 4 is 10.0 Å². The number of benzene rings is 1. The monoisotopic (exact) mass is 409 g/mol. The summed E-state index contributed by atoms with van der Waals surface area (Å²) in [7, 11) is 1.90. The van der Waals surface area contributed by atoms with Crippen LogP contribution in [0.5, 0.6) is 5.75 Å². The molecular formula is C20H31N3O4S. The summed E-state index contributed by atoms with van der Waals surface area (Å²) in [5.74, 6) is 6.35. The second-order valence-electron chi connectivity index (χ2n) is 7.50. The molecule has 3 atom stereocenters. The highest BCUT2D eigenvalue weighted by Gasteiger charge is 2.37. The minimum absolute atomic E-state index is 0.0622. The van der Waals surface area contributed by atoms with Crippen LogP contribution in [-0.4, -0.2) is 82.3 Å². The van der Waals surface area contributed by atoms with Gasteiger partial charge < -0.3 is 15.2 Å². The Balaban J connectivity index is 2.54. The number of nitrogens with one attached hydrogen (secondary N) is 1. The number of aliphatic hydroxyl groups is 1. The quantitative estimate of drug-likeness (QED) is 0.693. The predicted octanol–water partition coefficient (Wildman–Crippen LogP) is 0.588. The number of sulfonamides is 1. The summed E-state index contributed by atoms with van der Waals surface area (Å²) in [6, 6.07) is 4.42. The van der Waals surface area contributed by atoms with Gasteiger partial charge in [-0.1, -0.05) is 18.8 Å². The molecule has 0 aliphatic carbocycles. The van der Waals surface area contributed by atoms with Gasteiger partial charge in [0.05, 0.1) is 13.2 Å². The van der Waals surface area contributed by atoms with Gasteiger partial charge in [-0.2, -0.15) is 4.31 Å². The Hall–Kier alpha value is -1.63. The smallest absolute Gasteiger partial charge is 0.247 e. The molecule has 0 bridgehead atoms. The van der Waals surface area contributed by atoms with Crippen LogP contribution >= 0.6 is 0 Å². The number of likely N-dealkylation sites (N-methyl/N-ethyl adjacent to an activating group) is 1. The minimum Gasteiger partial charge on any atom is -0.487 e. The first kappa shape index (κ1) is 22.7. The van der Waals surface area contributed by atoms with Crippen LogP contribution in [0.3, 0.4) is 0 Å². The molecule has 0 saturated heterocycles. The third-order valence-electron chi connectivity index (χ3n) is 4.70. The highest BCUT2D eigenvalue weighted by atomic mass is 32.2. The summed E-state index contributed by atoms with van der Waals surface area (Å²) in [5.41, 5.74) is 0.703. The standard InChI is InChI=1S/C20H31N3O4S/c1-15-13-23(16(2)14-24)28(25,26)20-9-8-17(7-6-10-22(4)5)11-18(20)27-19(15)12-21-3/h8-9,11,15-16,19,21,24H,10,12-14H2,1-5H3/t15-,16-,19-/m0/s1. The Bertz CT molecular complexity index is 830. The van der Waals surface area contributed by atoms with Crippen LogP contribution in [0, 0.1) is 17.8 Å². The zero-order chi connectivity index (χ0) is 20.9. The van der Waals surface area contributed by atoms with Crippen molar-refractivity contribution in [3.05, 3.63) is 23.8 Å². The van der Waals surface area contributed by atoms with Crippen molar-refractivity contribution < 1.29 is 18.3 Å².